The normalized spacial score (nSPS) is 10.2. The van der Waals surface area contributed by atoms with Crippen molar-refractivity contribution in [2.24, 2.45) is 5.73 Å². The summed E-state index contributed by atoms with van der Waals surface area (Å²) in [5.74, 6) is -0.689. The molecule has 2 amide bonds. The molecule has 0 fully saturated rings. The van der Waals surface area contributed by atoms with Gasteiger partial charge in [0.05, 0.1) is 5.56 Å². The molecule has 0 aromatic heterocycles. The Morgan fingerprint density at radius 2 is 1.86 bits per heavy atom. The summed E-state index contributed by atoms with van der Waals surface area (Å²) in [6.45, 7) is 0.318. The third-order valence-electron chi connectivity index (χ3n) is 2.84. The van der Waals surface area contributed by atoms with Gasteiger partial charge < -0.3 is 11.1 Å². The van der Waals surface area contributed by atoms with Gasteiger partial charge in [-0.15, -0.1) is 0 Å². The fourth-order valence-electron chi connectivity index (χ4n) is 1.78. The van der Waals surface area contributed by atoms with Gasteiger partial charge in [-0.2, -0.15) is 0 Å². The Labute approximate surface area is 139 Å². The van der Waals surface area contributed by atoms with Gasteiger partial charge in [-0.05, 0) is 51.8 Å². The molecule has 21 heavy (non-hydrogen) atoms. The highest BCUT2D eigenvalue weighted by molar-refractivity contribution is 9.11. The van der Waals surface area contributed by atoms with E-state index in [0.717, 1.165) is 10.0 Å². The molecule has 0 saturated carbocycles. The van der Waals surface area contributed by atoms with Crippen molar-refractivity contribution >= 4 is 43.7 Å². The largest absolute Gasteiger partial charge is 0.366 e. The number of nitrogens with one attached hydrogen (secondary N) is 1. The second-order valence-electron chi connectivity index (χ2n) is 4.37. The van der Waals surface area contributed by atoms with E-state index in [9.17, 15) is 9.59 Å². The van der Waals surface area contributed by atoms with Crippen LogP contribution in [0.15, 0.2) is 51.4 Å². The predicted octanol–water partition coefficient (Wildman–Crippen LogP) is 3.24. The summed E-state index contributed by atoms with van der Waals surface area (Å²) in [5, 5.41) is 2.81. The summed E-state index contributed by atoms with van der Waals surface area (Å²) < 4.78 is 1.54. The van der Waals surface area contributed by atoms with E-state index in [1.54, 1.807) is 30.3 Å². The van der Waals surface area contributed by atoms with E-state index in [0.29, 0.717) is 22.1 Å². The van der Waals surface area contributed by atoms with Crippen LogP contribution < -0.4 is 11.1 Å². The van der Waals surface area contributed by atoms with Crippen molar-refractivity contribution in [3.8, 4) is 0 Å². The van der Waals surface area contributed by atoms with Crippen LogP contribution in [0, 0.1) is 0 Å². The maximum Gasteiger partial charge on any atom is 0.252 e. The van der Waals surface area contributed by atoms with Gasteiger partial charge in [0.25, 0.3) is 5.91 Å². The van der Waals surface area contributed by atoms with Gasteiger partial charge in [0.2, 0.25) is 5.91 Å². The monoisotopic (exact) mass is 410 g/mol. The molecule has 2 aromatic rings. The van der Waals surface area contributed by atoms with E-state index < -0.39 is 5.91 Å². The Kier molecular flexibility index (Phi) is 5.14. The van der Waals surface area contributed by atoms with E-state index in [2.05, 4.69) is 37.2 Å². The Bertz CT molecular complexity index is 702. The number of hydrogen-bond acceptors (Lipinski definition) is 2. The molecule has 6 heteroatoms. The fraction of sp³-hybridized carbons (Fsp3) is 0.0667. The topological polar surface area (TPSA) is 72.2 Å². The first-order valence-corrected chi connectivity index (χ1v) is 7.68. The van der Waals surface area contributed by atoms with Crippen molar-refractivity contribution in [2.45, 2.75) is 6.54 Å². The minimum Gasteiger partial charge on any atom is -0.366 e. The maximum absolute atomic E-state index is 12.2. The summed E-state index contributed by atoms with van der Waals surface area (Å²) in [4.78, 5) is 23.3. The van der Waals surface area contributed by atoms with Crippen molar-refractivity contribution in [2.75, 3.05) is 0 Å². The Morgan fingerprint density at radius 1 is 1.10 bits per heavy atom. The molecule has 0 aliphatic carbocycles. The van der Waals surface area contributed by atoms with E-state index in [1.165, 1.54) is 0 Å². The maximum atomic E-state index is 12.2. The fourth-order valence-corrected chi connectivity index (χ4v) is 2.57. The molecule has 2 rings (SSSR count). The van der Waals surface area contributed by atoms with Crippen LogP contribution in [-0.2, 0) is 6.54 Å². The van der Waals surface area contributed by atoms with Crippen LogP contribution in [0.25, 0.3) is 0 Å². The summed E-state index contributed by atoms with van der Waals surface area (Å²) >= 11 is 6.68. The summed E-state index contributed by atoms with van der Waals surface area (Å²) in [6, 6.07) is 12.2. The first-order chi connectivity index (χ1) is 9.97. The number of carbonyl (C=O) groups excluding carboxylic acids is 2. The highest BCUT2D eigenvalue weighted by atomic mass is 79.9. The van der Waals surface area contributed by atoms with Crippen LogP contribution in [0.4, 0.5) is 0 Å². The van der Waals surface area contributed by atoms with Crippen molar-refractivity contribution in [1.29, 1.82) is 0 Å². The number of halogens is 2. The second kappa shape index (κ2) is 6.87. The molecule has 0 aliphatic heterocycles. The number of primary amides is 1. The average Bonchev–Trinajstić information content (AvgIpc) is 2.47. The molecular weight excluding hydrogens is 400 g/mol. The minimum atomic E-state index is -0.488. The summed E-state index contributed by atoms with van der Waals surface area (Å²) in [7, 11) is 0. The number of nitrogens with two attached hydrogens (primary N) is 1. The third kappa shape index (κ3) is 4.15. The number of amides is 2. The van der Waals surface area contributed by atoms with Crippen LogP contribution in [0.5, 0.6) is 0 Å². The number of carbonyl (C=O) groups is 2. The first-order valence-electron chi connectivity index (χ1n) is 6.09. The summed E-state index contributed by atoms with van der Waals surface area (Å²) in [5.41, 5.74) is 7.00. The van der Waals surface area contributed by atoms with E-state index in [-0.39, 0.29) is 5.91 Å². The van der Waals surface area contributed by atoms with Gasteiger partial charge >= 0.3 is 0 Å². The third-order valence-corrected chi connectivity index (χ3v) is 4.02. The lowest BCUT2D eigenvalue weighted by Gasteiger charge is -2.08. The van der Waals surface area contributed by atoms with Crippen molar-refractivity contribution in [1.82, 2.24) is 5.32 Å². The van der Waals surface area contributed by atoms with Crippen LogP contribution >= 0.6 is 31.9 Å². The average molecular weight is 412 g/mol. The van der Waals surface area contributed by atoms with E-state index in [4.69, 9.17) is 5.73 Å². The number of rotatable bonds is 4. The van der Waals surface area contributed by atoms with E-state index in [1.807, 2.05) is 12.1 Å². The lowest BCUT2D eigenvalue weighted by Crippen LogP contribution is -2.23. The quantitative estimate of drug-likeness (QED) is 0.810. The highest BCUT2D eigenvalue weighted by Gasteiger charge is 2.10. The zero-order valence-corrected chi connectivity index (χ0v) is 14.1. The minimum absolute atomic E-state index is 0.201. The lowest BCUT2D eigenvalue weighted by molar-refractivity contribution is 0.0949. The van der Waals surface area contributed by atoms with Crippen LogP contribution in [0.2, 0.25) is 0 Å². The smallest absolute Gasteiger partial charge is 0.252 e. The van der Waals surface area contributed by atoms with Crippen LogP contribution in [0.3, 0.4) is 0 Å². The molecule has 108 valence electrons. The van der Waals surface area contributed by atoms with Gasteiger partial charge in [-0.25, -0.2) is 0 Å². The second-order valence-corrected chi connectivity index (χ2v) is 6.14. The van der Waals surface area contributed by atoms with Gasteiger partial charge in [-0.3, -0.25) is 9.59 Å². The molecule has 0 unspecified atom stereocenters. The molecule has 3 N–H and O–H groups in total. The van der Waals surface area contributed by atoms with Gasteiger partial charge in [0.1, 0.15) is 0 Å². The molecule has 0 saturated heterocycles. The zero-order chi connectivity index (χ0) is 15.4. The molecular formula is C15H12Br2N2O2. The van der Waals surface area contributed by atoms with Crippen molar-refractivity contribution in [3.05, 3.63) is 68.1 Å². The molecule has 0 spiro atoms. The van der Waals surface area contributed by atoms with Crippen molar-refractivity contribution in [3.63, 3.8) is 0 Å². The van der Waals surface area contributed by atoms with Crippen molar-refractivity contribution < 1.29 is 9.59 Å². The Hall–Kier alpha value is -1.66. The van der Waals surface area contributed by atoms with Gasteiger partial charge in [-0.1, -0.05) is 28.1 Å². The lowest BCUT2D eigenvalue weighted by atomic mass is 10.1. The number of hydrogen-bond donors (Lipinski definition) is 2. The first kappa shape index (κ1) is 15.7. The standard InChI is InChI=1S/C15H12Br2N2O2/c16-11-4-5-13(17)12(7-11)15(21)19-8-9-2-1-3-10(6-9)14(18)20/h1-7H,8H2,(H2,18,20)(H,19,21). The molecule has 2 aromatic carbocycles. The molecule has 0 atom stereocenters. The molecule has 0 heterocycles. The van der Waals surface area contributed by atoms with Gasteiger partial charge in [0.15, 0.2) is 0 Å². The number of benzene rings is 2. The predicted molar refractivity (Wildman–Crippen MR) is 88.0 cm³/mol. The highest BCUT2D eigenvalue weighted by Crippen LogP contribution is 2.21. The van der Waals surface area contributed by atoms with E-state index >= 15 is 0 Å². The molecule has 0 aliphatic rings. The Balaban J connectivity index is 2.09. The SMILES string of the molecule is NC(=O)c1cccc(CNC(=O)c2cc(Br)ccc2Br)c1. The molecule has 0 radical (unpaired) electrons. The molecule has 4 nitrogen and oxygen atoms in total. The summed E-state index contributed by atoms with van der Waals surface area (Å²) in [6.07, 6.45) is 0. The van der Waals surface area contributed by atoms with Gasteiger partial charge in [0, 0.05) is 21.1 Å². The van der Waals surface area contributed by atoms with Crippen LogP contribution in [0.1, 0.15) is 26.3 Å². The Morgan fingerprint density at radius 3 is 2.57 bits per heavy atom. The zero-order valence-electron chi connectivity index (χ0n) is 10.9. The van der Waals surface area contributed by atoms with Crippen LogP contribution in [-0.4, -0.2) is 11.8 Å². The molecule has 0 bridgehead atoms.